The molecule has 3 nitrogen and oxygen atoms in total. The fourth-order valence-electron chi connectivity index (χ4n) is 1.97. The van der Waals surface area contributed by atoms with Gasteiger partial charge in [0.2, 0.25) is 0 Å². The fraction of sp³-hybridized carbons (Fsp3) is 0.267. The largest absolute Gasteiger partial charge is 0.397 e. The zero-order chi connectivity index (χ0) is 13.8. The van der Waals surface area contributed by atoms with E-state index in [-0.39, 0.29) is 5.91 Å². The van der Waals surface area contributed by atoms with Gasteiger partial charge in [-0.2, -0.15) is 0 Å². The molecule has 0 aliphatic carbocycles. The van der Waals surface area contributed by atoms with Crippen molar-refractivity contribution in [2.75, 3.05) is 17.2 Å². The summed E-state index contributed by atoms with van der Waals surface area (Å²) < 4.78 is 0. The van der Waals surface area contributed by atoms with E-state index >= 15 is 0 Å². The molecule has 2 rings (SSSR count). The van der Waals surface area contributed by atoms with Crippen molar-refractivity contribution in [3.8, 4) is 0 Å². The van der Waals surface area contributed by atoms with Crippen LogP contribution in [0.4, 0.5) is 11.4 Å². The molecule has 1 heterocycles. The molecule has 0 aliphatic rings. The Balaban J connectivity index is 2.35. The molecule has 0 unspecified atom stereocenters. The van der Waals surface area contributed by atoms with Crippen molar-refractivity contribution in [1.82, 2.24) is 0 Å². The van der Waals surface area contributed by atoms with E-state index in [0.29, 0.717) is 12.2 Å². The number of para-hydroxylation sites is 2. The Morgan fingerprint density at radius 1 is 1.26 bits per heavy atom. The first-order valence-electron chi connectivity index (χ1n) is 6.36. The van der Waals surface area contributed by atoms with E-state index in [0.717, 1.165) is 21.9 Å². The molecule has 0 saturated heterocycles. The van der Waals surface area contributed by atoms with Crippen molar-refractivity contribution < 1.29 is 4.79 Å². The third-order valence-electron chi connectivity index (χ3n) is 2.87. The average Bonchev–Trinajstić information content (AvgIpc) is 2.83. The third-order valence-corrected chi connectivity index (χ3v) is 3.86. The second-order valence-electron chi connectivity index (χ2n) is 4.43. The number of anilines is 2. The predicted octanol–water partition coefficient (Wildman–Crippen LogP) is 3.70. The van der Waals surface area contributed by atoms with Crippen LogP contribution in [-0.2, 0) is 0 Å². The molecule has 0 bridgehead atoms. The van der Waals surface area contributed by atoms with Crippen LogP contribution in [-0.4, -0.2) is 12.5 Å². The minimum atomic E-state index is 0.0258. The van der Waals surface area contributed by atoms with E-state index in [4.69, 9.17) is 5.73 Å². The Morgan fingerprint density at radius 3 is 2.58 bits per heavy atom. The van der Waals surface area contributed by atoms with Gasteiger partial charge in [0.15, 0.2) is 0 Å². The monoisotopic (exact) mass is 274 g/mol. The lowest BCUT2D eigenvalue weighted by Crippen LogP contribution is -2.31. The van der Waals surface area contributed by atoms with Crippen LogP contribution in [0.15, 0.2) is 36.4 Å². The zero-order valence-corrected chi connectivity index (χ0v) is 12.0. The van der Waals surface area contributed by atoms with Crippen molar-refractivity contribution in [2.45, 2.75) is 20.3 Å². The van der Waals surface area contributed by atoms with Gasteiger partial charge in [-0.3, -0.25) is 4.79 Å². The van der Waals surface area contributed by atoms with Crippen molar-refractivity contribution in [3.63, 3.8) is 0 Å². The number of nitrogen functional groups attached to an aromatic ring is 1. The van der Waals surface area contributed by atoms with Crippen LogP contribution >= 0.6 is 11.3 Å². The topological polar surface area (TPSA) is 46.3 Å². The van der Waals surface area contributed by atoms with Gasteiger partial charge in [-0.15, -0.1) is 11.3 Å². The molecular formula is C15H18N2OS. The molecule has 1 amide bonds. The lowest BCUT2D eigenvalue weighted by molar-refractivity contribution is 0.0991. The summed E-state index contributed by atoms with van der Waals surface area (Å²) in [5.41, 5.74) is 7.41. The second kappa shape index (κ2) is 5.89. The number of nitrogens with zero attached hydrogens (tertiary/aromatic N) is 1. The predicted molar refractivity (Wildman–Crippen MR) is 81.9 cm³/mol. The van der Waals surface area contributed by atoms with Gasteiger partial charge in [-0.1, -0.05) is 19.1 Å². The molecule has 0 spiro atoms. The van der Waals surface area contributed by atoms with Crippen molar-refractivity contribution in [1.29, 1.82) is 0 Å². The minimum absolute atomic E-state index is 0.0258. The van der Waals surface area contributed by atoms with E-state index < -0.39 is 0 Å². The number of carbonyl (C=O) groups excluding carboxylic acids is 1. The summed E-state index contributed by atoms with van der Waals surface area (Å²) in [6.45, 7) is 4.73. The summed E-state index contributed by atoms with van der Waals surface area (Å²) in [7, 11) is 0. The molecule has 100 valence electrons. The quantitative estimate of drug-likeness (QED) is 0.864. The van der Waals surface area contributed by atoms with Crippen molar-refractivity contribution >= 4 is 28.6 Å². The maximum absolute atomic E-state index is 12.6. The molecule has 0 fully saturated rings. The summed E-state index contributed by atoms with van der Waals surface area (Å²) in [5.74, 6) is 0.0258. The van der Waals surface area contributed by atoms with Crippen LogP contribution in [0.5, 0.6) is 0 Å². The van der Waals surface area contributed by atoms with Gasteiger partial charge in [0.1, 0.15) is 0 Å². The molecule has 0 saturated carbocycles. The van der Waals surface area contributed by atoms with Gasteiger partial charge >= 0.3 is 0 Å². The zero-order valence-electron chi connectivity index (χ0n) is 11.2. The maximum Gasteiger partial charge on any atom is 0.268 e. The molecule has 1 aromatic carbocycles. The van der Waals surface area contributed by atoms with E-state index in [1.807, 2.05) is 43.3 Å². The second-order valence-corrected chi connectivity index (χ2v) is 5.71. The SMILES string of the molecule is CCCN(C(=O)c1ccc(C)s1)c1ccccc1N. The molecule has 0 aliphatic heterocycles. The van der Waals surface area contributed by atoms with Crippen LogP contribution in [0.3, 0.4) is 0 Å². The van der Waals surface area contributed by atoms with Crippen molar-refractivity contribution in [2.24, 2.45) is 0 Å². The van der Waals surface area contributed by atoms with Crippen LogP contribution in [0.1, 0.15) is 27.9 Å². The molecule has 4 heteroatoms. The number of amides is 1. The number of carbonyl (C=O) groups is 1. The first-order valence-corrected chi connectivity index (χ1v) is 7.18. The highest BCUT2D eigenvalue weighted by atomic mass is 32.1. The summed E-state index contributed by atoms with van der Waals surface area (Å²) in [6, 6.07) is 11.3. The highest BCUT2D eigenvalue weighted by molar-refractivity contribution is 7.14. The van der Waals surface area contributed by atoms with Gasteiger partial charge in [0.25, 0.3) is 5.91 Å². The Kier molecular flexibility index (Phi) is 4.22. The molecular weight excluding hydrogens is 256 g/mol. The van der Waals surface area contributed by atoms with E-state index in [1.165, 1.54) is 11.3 Å². The number of rotatable bonds is 4. The third kappa shape index (κ3) is 2.96. The number of thiophene rings is 1. The van der Waals surface area contributed by atoms with E-state index in [1.54, 1.807) is 4.90 Å². The normalized spacial score (nSPS) is 10.4. The van der Waals surface area contributed by atoms with Crippen LogP contribution in [0.2, 0.25) is 0 Å². The van der Waals surface area contributed by atoms with Gasteiger partial charge in [-0.05, 0) is 37.6 Å². The Hall–Kier alpha value is -1.81. The number of hydrogen-bond acceptors (Lipinski definition) is 3. The van der Waals surface area contributed by atoms with Crippen LogP contribution < -0.4 is 10.6 Å². The first-order chi connectivity index (χ1) is 9.13. The first kappa shape index (κ1) is 13.6. The van der Waals surface area contributed by atoms with E-state index in [9.17, 15) is 4.79 Å². The van der Waals surface area contributed by atoms with Crippen LogP contribution in [0.25, 0.3) is 0 Å². The highest BCUT2D eigenvalue weighted by Crippen LogP contribution is 2.26. The lowest BCUT2D eigenvalue weighted by Gasteiger charge is -2.23. The maximum atomic E-state index is 12.6. The number of aryl methyl sites for hydroxylation is 1. The molecule has 0 atom stereocenters. The Bertz CT molecular complexity index is 577. The Labute approximate surface area is 117 Å². The molecule has 2 aromatic rings. The number of nitrogens with two attached hydrogens (primary N) is 1. The standard InChI is InChI=1S/C15H18N2OS/c1-3-10-17(13-7-5-4-6-12(13)16)15(18)14-9-8-11(2)19-14/h4-9H,3,10,16H2,1-2H3. The minimum Gasteiger partial charge on any atom is -0.397 e. The lowest BCUT2D eigenvalue weighted by atomic mass is 10.2. The smallest absolute Gasteiger partial charge is 0.268 e. The van der Waals surface area contributed by atoms with Gasteiger partial charge in [-0.25, -0.2) is 0 Å². The Morgan fingerprint density at radius 2 is 2.00 bits per heavy atom. The summed E-state index contributed by atoms with van der Waals surface area (Å²) >= 11 is 1.52. The van der Waals surface area contributed by atoms with Gasteiger partial charge in [0, 0.05) is 11.4 Å². The molecule has 2 N–H and O–H groups in total. The average molecular weight is 274 g/mol. The highest BCUT2D eigenvalue weighted by Gasteiger charge is 2.19. The molecule has 0 radical (unpaired) electrons. The summed E-state index contributed by atoms with van der Waals surface area (Å²) in [4.78, 5) is 16.2. The number of hydrogen-bond donors (Lipinski definition) is 1. The van der Waals surface area contributed by atoms with E-state index in [2.05, 4.69) is 6.92 Å². The number of benzene rings is 1. The van der Waals surface area contributed by atoms with Gasteiger partial charge in [0.05, 0.1) is 16.3 Å². The summed E-state index contributed by atoms with van der Waals surface area (Å²) in [5, 5.41) is 0. The fourth-order valence-corrected chi connectivity index (χ4v) is 2.79. The van der Waals surface area contributed by atoms with Crippen molar-refractivity contribution in [3.05, 3.63) is 46.2 Å². The van der Waals surface area contributed by atoms with Gasteiger partial charge < -0.3 is 10.6 Å². The molecule has 1 aromatic heterocycles. The van der Waals surface area contributed by atoms with Crippen LogP contribution in [0, 0.1) is 6.92 Å². The molecule has 19 heavy (non-hydrogen) atoms. The summed E-state index contributed by atoms with van der Waals surface area (Å²) in [6.07, 6.45) is 0.893.